The van der Waals surface area contributed by atoms with E-state index in [0.717, 1.165) is 17.7 Å². The first-order valence-electron chi connectivity index (χ1n) is 8.05. The summed E-state index contributed by atoms with van der Waals surface area (Å²) >= 11 is 0. The number of aromatic nitrogens is 2. The molecule has 0 saturated carbocycles. The highest BCUT2D eigenvalue weighted by Crippen LogP contribution is 2.23. The fourth-order valence-corrected chi connectivity index (χ4v) is 2.70. The van der Waals surface area contributed by atoms with Gasteiger partial charge in [-0.15, -0.1) is 0 Å². The molecule has 4 N–H and O–H groups in total. The zero-order valence-corrected chi connectivity index (χ0v) is 14.2. The highest BCUT2D eigenvalue weighted by molar-refractivity contribution is 5.98. The molecule has 1 aliphatic heterocycles. The average Bonchev–Trinajstić information content (AvgIpc) is 2.58. The number of nitrogens with zero attached hydrogens (tertiary/aromatic N) is 3. The van der Waals surface area contributed by atoms with E-state index in [1.165, 1.54) is 6.20 Å². The molecule has 130 valence electrons. The Bertz CT molecular complexity index is 836. The van der Waals surface area contributed by atoms with E-state index in [9.17, 15) is 9.59 Å². The lowest BCUT2D eigenvalue weighted by atomic mass is 9.99. The van der Waals surface area contributed by atoms with Gasteiger partial charge in [-0.3, -0.25) is 9.59 Å². The maximum atomic E-state index is 12.1. The summed E-state index contributed by atoms with van der Waals surface area (Å²) in [7, 11) is 1.80. The lowest BCUT2D eigenvalue weighted by molar-refractivity contribution is 0.0780. The fourth-order valence-electron chi connectivity index (χ4n) is 2.70. The minimum atomic E-state index is -0.303. The maximum absolute atomic E-state index is 12.1. The molecule has 0 unspecified atom stereocenters. The van der Waals surface area contributed by atoms with Crippen LogP contribution in [0.5, 0.6) is 0 Å². The third-order valence-corrected chi connectivity index (χ3v) is 4.06. The molecular formula is C17H20N6O2. The van der Waals surface area contributed by atoms with Gasteiger partial charge < -0.3 is 21.3 Å². The van der Waals surface area contributed by atoms with E-state index in [1.54, 1.807) is 24.1 Å². The van der Waals surface area contributed by atoms with Crippen molar-refractivity contribution in [1.29, 1.82) is 0 Å². The Hall–Kier alpha value is -3.16. The second-order valence-corrected chi connectivity index (χ2v) is 5.83. The zero-order chi connectivity index (χ0) is 18.0. The lowest BCUT2D eigenvalue weighted by Crippen LogP contribution is -2.34. The lowest BCUT2D eigenvalue weighted by Gasteiger charge is -2.25. The molecule has 1 aromatic heterocycles. The molecule has 1 aliphatic rings. The average molecular weight is 340 g/mol. The first kappa shape index (κ1) is 16.7. The van der Waals surface area contributed by atoms with Crippen LogP contribution < -0.4 is 16.4 Å². The summed E-state index contributed by atoms with van der Waals surface area (Å²) in [6, 6.07) is 5.51. The molecule has 8 heteroatoms. The van der Waals surface area contributed by atoms with Gasteiger partial charge in [0, 0.05) is 37.6 Å². The summed E-state index contributed by atoms with van der Waals surface area (Å²) in [6.45, 7) is 3.02. The molecule has 8 nitrogen and oxygen atoms in total. The molecule has 0 bridgehead atoms. The van der Waals surface area contributed by atoms with Crippen molar-refractivity contribution < 1.29 is 9.59 Å². The van der Waals surface area contributed by atoms with Gasteiger partial charge in [-0.1, -0.05) is 0 Å². The van der Waals surface area contributed by atoms with Gasteiger partial charge in [-0.05, 0) is 37.1 Å². The van der Waals surface area contributed by atoms with Crippen molar-refractivity contribution in [3.05, 3.63) is 41.1 Å². The largest absolute Gasteiger partial charge is 0.383 e. The third-order valence-electron chi connectivity index (χ3n) is 4.06. The van der Waals surface area contributed by atoms with Crippen LogP contribution in [0.3, 0.4) is 0 Å². The molecule has 0 fully saturated rings. The van der Waals surface area contributed by atoms with Gasteiger partial charge >= 0.3 is 0 Å². The van der Waals surface area contributed by atoms with E-state index in [4.69, 9.17) is 5.73 Å². The van der Waals surface area contributed by atoms with Crippen molar-refractivity contribution in [3.8, 4) is 0 Å². The summed E-state index contributed by atoms with van der Waals surface area (Å²) in [5.74, 6) is 0.130. The first-order chi connectivity index (χ1) is 12.0. The third kappa shape index (κ3) is 3.37. The molecule has 1 aromatic carbocycles. The van der Waals surface area contributed by atoms with Gasteiger partial charge in [0.2, 0.25) is 5.95 Å². The number of anilines is 3. The van der Waals surface area contributed by atoms with Gasteiger partial charge in [-0.2, -0.15) is 4.98 Å². The van der Waals surface area contributed by atoms with Crippen LogP contribution in [0.1, 0.15) is 33.2 Å². The van der Waals surface area contributed by atoms with Crippen molar-refractivity contribution in [1.82, 2.24) is 20.2 Å². The van der Waals surface area contributed by atoms with Crippen LogP contribution in [0.15, 0.2) is 24.4 Å². The van der Waals surface area contributed by atoms with Crippen LogP contribution in [0.2, 0.25) is 0 Å². The molecular weight excluding hydrogens is 320 g/mol. The number of nitrogens with one attached hydrogen (secondary N) is 2. The predicted octanol–water partition coefficient (Wildman–Crippen LogP) is 1.18. The molecule has 0 atom stereocenters. The Morgan fingerprint density at radius 2 is 2.20 bits per heavy atom. The van der Waals surface area contributed by atoms with E-state index in [-0.39, 0.29) is 23.2 Å². The van der Waals surface area contributed by atoms with Gasteiger partial charge in [0.1, 0.15) is 5.82 Å². The number of nitrogen functional groups attached to an aromatic ring is 1. The van der Waals surface area contributed by atoms with Crippen molar-refractivity contribution in [2.75, 3.05) is 31.2 Å². The fraction of sp³-hybridized carbons (Fsp3) is 0.294. The van der Waals surface area contributed by atoms with E-state index in [2.05, 4.69) is 20.6 Å². The summed E-state index contributed by atoms with van der Waals surface area (Å²) < 4.78 is 0. The van der Waals surface area contributed by atoms with Crippen LogP contribution in [-0.2, 0) is 6.42 Å². The van der Waals surface area contributed by atoms with Crippen LogP contribution in [0.4, 0.5) is 17.5 Å². The minimum Gasteiger partial charge on any atom is -0.383 e. The number of benzene rings is 1. The smallest absolute Gasteiger partial charge is 0.256 e. The van der Waals surface area contributed by atoms with Crippen LogP contribution in [0.25, 0.3) is 0 Å². The molecule has 2 aromatic rings. The topological polar surface area (TPSA) is 113 Å². The minimum absolute atomic E-state index is 0.0274. The van der Waals surface area contributed by atoms with Crippen molar-refractivity contribution in [3.63, 3.8) is 0 Å². The van der Waals surface area contributed by atoms with E-state index < -0.39 is 0 Å². The standard InChI is InChI=1S/C17H20N6O2/c1-3-19-15(24)13-9-20-17(22-14(13)18)21-11-4-5-12-10(8-11)6-7-23(2)16(12)25/h4-5,8-9H,3,6-7H2,1-2H3,(H,19,24)(H3,18,20,21,22). The van der Waals surface area contributed by atoms with Crippen LogP contribution in [-0.4, -0.2) is 46.8 Å². The van der Waals surface area contributed by atoms with Gasteiger partial charge in [0.25, 0.3) is 11.8 Å². The molecule has 3 rings (SSSR count). The Kier molecular flexibility index (Phi) is 4.51. The number of nitrogens with two attached hydrogens (primary N) is 1. The van der Waals surface area contributed by atoms with Crippen molar-refractivity contribution >= 4 is 29.3 Å². The van der Waals surface area contributed by atoms with Gasteiger partial charge in [0.15, 0.2) is 0 Å². The van der Waals surface area contributed by atoms with E-state index >= 15 is 0 Å². The normalized spacial score (nSPS) is 13.4. The summed E-state index contributed by atoms with van der Waals surface area (Å²) in [4.78, 5) is 33.9. The van der Waals surface area contributed by atoms with Gasteiger partial charge in [0.05, 0.1) is 5.56 Å². The Balaban J connectivity index is 1.80. The number of hydrogen-bond acceptors (Lipinski definition) is 6. The Morgan fingerprint density at radius 3 is 2.92 bits per heavy atom. The Morgan fingerprint density at radius 1 is 1.40 bits per heavy atom. The zero-order valence-electron chi connectivity index (χ0n) is 14.2. The quantitative estimate of drug-likeness (QED) is 0.770. The van der Waals surface area contributed by atoms with E-state index in [0.29, 0.717) is 24.6 Å². The van der Waals surface area contributed by atoms with E-state index in [1.807, 2.05) is 13.0 Å². The molecule has 2 amide bonds. The molecule has 0 radical (unpaired) electrons. The second-order valence-electron chi connectivity index (χ2n) is 5.83. The summed E-state index contributed by atoms with van der Waals surface area (Å²) in [5.41, 5.74) is 8.56. The molecule has 0 spiro atoms. The number of fused-ring (bicyclic) bond motifs is 1. The van der Waals surface area contributed by atoms with Crippen molar-refractivity contribution in [2.45, 2.75) is 13.3 Å². The Labute approximate surface area is 145 Å². The predicted molar refractivity (Wildman–Crippen MR) is 94.8 cm³/mol. The molecule has 2 heterocycles. The first-order valence-corrected chi connectivity index (χ1v) is 8.05. The number of rotatable bonds is 4. The monoisotopic (exact) mass is 340 g/mol. The van der Waals surface area contributed by atoms with Gasteiger partial charge in [-0.25, -0.2) is 4.98 Å². The molecule has 25 heavy (non-hydrogen) atoms. The number of likely N-dealkylation sites (N-methyl/N-ethyl adjacent to an activating group) is 1. The molecule has 0 saturated heterocycles. The van der Waals surface area contributed by atoms with Crippen LogP contribution in [0, 0.1) is 0 Å². The highest BCUT2D eigenvalue weighted by atomic mass is 16.2. The number of carbonyl (C=O) groups is 2. The molecule has 0 aliphatic carbocycles. The number of amides is 2. The second kappa shape index (κ2) is 6.76. The highest BCUT2D eigenvalue weighted by Gasteiger charge is 2.21. The SMILES string of the molecule is CCNC(=O)c1cnc(Nc2ccc3c(c2)CCN(C)C3=O)nc1N. The van der Waals surface area contributed by atoms with Crippen LogP contribution >= 0.6 is 0 Å². The number of carbonyl (C=O) groups excluding carboxylic acids is 2. The van der Waals surface area contributed by atoms with Crippen molar-refractivity contribution in [2.24, 2.45) is 0 Å². The number of hydrogen-bond donors (Lipinski definition) is 3. The summed E-state index contributed by atoms with van der Waals surface area (Å²) in [6.07, 6.45) is 2.19. The maximum Gasteiger partial charge on any atom is 0.256 e. The summed E-state index contributed by atoms with van der Waals surface area (Å²) in [5, 5.41) is 5.72.